The number of rotatable bonds is 4. The van der Waals surface area contributed by atoms with Crippen LogP contribution in [0.2, 0.25) is 0 Å². The molecule has 0 saturated carbocycles. The predicted molar refractivity (Wildman–Crippen MR) is 78.0 cm³/mol. The Balaban J connectivity index is 1.76. The van der Waals surface area contributed by atoms with Gasteiger partial charge in [-0.05, 0) is 31.9 Å². The van der Waals surface area contributed by atoms with Crippen molar-refractivity contribution in [2.45, 2.75) is 31.8 Å². The van der Waals surface area contributed by atoms with Gasteiger partial charge >= 0.3 is 5.97 Å². The van der Waals surface area contributed by atoms with Gasteiger partial charge in [-0.15, -0.1) is 0 Å². The van der Waals surface area contributed by atoms with Gasteiger partial charge in [-0.3, -0.25) is 9.69 Å². The summed E-state index contributed by atoms with van der Waals surface area (Å²) in [4.78, 5) is 12.8. The van der Waals surface area contributed by atoms with Crippen molar-refractivity contribution in [3.05, 3.63) is 23.8 Å². The summed E-state index contributed by atoms with van der Waals surface area (Å²) in [6.45, 7) is 4.20. The van der Waals surface area contributed by atoms with Crippen LogP contribution in [-0.2, 0) is 11.2 Å². The lowest BCUT2D eigenvalue weighted by Crippen LogP contribution is -2.43. The van der Waals surface area contributed by atoms with Crippen molar-refractivity contribution in [2.75, 3.05) is 26.2 Å². The molecule has 1 N–H and O–H groups in total. The Kier molecular flexibility index (Phi) is 3.76. The van der Waals surface area contributed by atoms with Crippen molar-refractivity contribution in [1.29, 1.82) is 0 Å². The van der Waals surface area contributed by atoms with E-state index in [1.165, 1.54) is 0 Å². The number of carboxylic acid groups (broad SMARTS) is 1. The van der Waals surface area contributed by atoms with Gasteiger partial charge in [0.25, 0.3) is 0 Å². The van der Waals surface area contributed by atoms with Crippen LogP contribution in [0.3, 0.4) is 0 Å². The largest absolute Gasteiger partial charge is 0.493 e. The molecule has 0 aromatic heterocycles. The molecule has 1 fully saturated rings. The zero-order valence-electron chi connectivity index (χ0n) is 12.3. The second kappa shape index (κ2) is 5.56. The van der Waals surface area contributed by atoms with Gasteiger partial charge in [0.1, 0.15) is 17.1 Å². The van der Waals surface area contributed by atoms with Crippen molar-refractivity contribution < 1.29 is 19.4 Å². The van der Waals surface area contributed by atoms with Crippen LogP contribution in [0.15, 0.2) is 18.2 Å². The fourth-order valence-electron chi connectivity index (χ4n) is 3.36. The maximum atomic E-state index is 10.8. The third-order valence-electron chi connectivity index (χ3n) is 4.30. The summed E-state index contributed by atoms with van der Waals surface area (Å²) in [6, 6.07) is 5.92. The summed E-state index contributed by atoms with van der Waals surface area (Å²) >= 11 is 0. The minimum absolute atomic E-state index is 0.0942. The number of aliphatic carboxylic acids is 1. The Bertz CT molecular complexity index is 545. The summed E-state index contributed by atoms with van der Waals surface area (Å²) in [5, 5.41) is 8.91. The zero-order chi connectivity index (χ0) is 14.9. The van der Waals surface area contributed by atoms with Crippen LogP contribution in [0.4, 0.5) is 0 Å². The van der Waals surface area contributed by atoms with Gasteiger partial charge in [-0.1, -0.05) is 6.07 Å². The Hall–Kier alpha value is -1.75. The maximum Gasteiger partial charge on any atom is 0.317 e. The molecule has 1 spiro atoms. The Morgan fingerprint density at radius 1 is 1.48 bits per heavy atom. The molecule has 1 saturated heterocycles. The van der Waals surface area contributed by atoms with E-state index in [4.69, 9.17) is 14.6 Å². The SMILES string of the molecule is CCOc1cccc2c1CCC1(CCN(CC(=O)O)C1)O2. The number of likely N-dealkylation sites (tertiary alicyclic amines) is 1. The minimum Gasteiger partial charge on any atom is -0.493 e. The van der Waals surface area contributed by atoms with E-state index < -0.39 is 5.97 Å². The third kappa shape index (κ3) is 2.83. The average Bonchev–Trinajstić information content (AvgIpc) is 2.81. The number of hydrogen-bond donors (Lipinski definition) is 1. The number of fused-ring (bicyclic) bond motifs is 1. The lowest BCUT2D eigenvalue weighted by molar-refractivity contribution is -0.138. The average molecular weight is 291 g/mol. The second-order valence-electron chi connectivity index (χ2n) is 5.81. The van der Waals surface area contributed by atoms with Gasteiger partial charge in [-0.25, -0.2) is 0 Å². The van der Waals surface area contributed by atoms with Gasteiger partial charge in [-0.2, -0.15) is 0 Å². The van der Waals surface area contributed by atoms with Gasteiger partial charge in [0.15, 0.2) is 0 Å². The Labute approximate surface area is 124 Å². The van der Waals surface area contributed by atoms with Crippen molar-refractivity contribution in [3.8, 4) is 11.5 Å². The van der Waals surface area contributed by atoms with Gasteiger partial charge in [0.2, 0.25) is 0 Å². The molecule has 1 aromatic carbocycles. The molecule has 5 heteroatoms. The standard InChI is InChI=1S/C16H21NO4/c1-2-20-13-4-3-5-14-12(13)6-7-16(21-14)8-9-17(11-16)10-15(18)19/h3-5H,2,6-11H2,1H3,(H,18,19). The van der Waals surface area contributed by atoms with E-state index in [1.807, 2.05) is 30.0 Å². The molecule has 2 heterocycles. The summed E-state index contributed by atoms with van der Waals surface area (Å²) in [7, 11) is 0. The molecule has 0 bridgehead atoms. The molecule has 114 valence electrons. The first-order chi connectivity index (χ1) is 10.1. The van der Waals surface area contributed by atoms with Crippen LogP contribution in [0.1, 0.15) is 25.3 Å². The van der Waals surface area contributed by atoms with E-state index in [-0.39, 0.29) is 12.1 Å². The number of benzene rings is 1. The summed E-state index contributed by atoms with van der Waals surface area (Å²) < 4.78 is 11.9. The molecule has 1 unspecified atom stereocenters. The van der Waals surface area contributed by atoms with Gasteiger partial charge in [0.05, 0.1) is 13.2 Å². The van der Waals surface area contributed by atoms with Crippen LogP contribution in [0.25, 0.3) is 0 Å². The molecule has 21 heavy (non-hydrogen) atoms. The molecule has 1 atom stereocenters. The maximum absolute atomic E-state index is 10.8. The lowest BCUT2D eigenvalue weighted by atomic mass is 9.90. The number of carboxylic acids is 1. The smallest absolute Gasteiger partial charge is 0.317 e. The van der Waals surface area contributed by atoms with E-state index in [0.29, 0.717) is 13.2 Å². The highest BCUT2D eigenvalue weighted by molar-refractivity contribution is 5.69. The topological polar surface area (TPSA) is 59.0 Å². The van der Waals surface area contributed by atoms with E-state index in [0.717, 1.165) is 42.9 Å². The Morgan fingerprint density at radius 2 is 2.33 bits per heavy atom. The molecule has 2 aliphatic rings. The number of ether oxygens (including phenoxy) is 2. The molecular formula is C16H21NO4. The van der Waals surface area contributed by atoms with Crippen LogP contribution in [0.5, 0.6) is 11.5 Å². The fourth-order valence-corrected chi connectivity index (χ4v) is 3.36. The van der Waals surface area contributed by atoms with Gasteiger partial charge < -0.3 is 14.6 Å². The van der Waals surface area contributed by atoms with Gasteiger partial charge in [0, 0.05) is 25.1 Å². The lowest BCUT2D eigenvalue weighted by Gasteiger charge is -2.36. The molecule has 3 rings (SSSR count). The highest BCUT2D eigenvalue weighted by Crippen LogP contribution is 2.42. The summed E-state index contributed by atoms with van der Waals surface area (Å²) in [6.07, 6.45) is 2.73. The van der Waals surface area contributed by atoms with Crippen molar-refractivity contribution in [2.24, 2.45) is 0 Å². The molecule has 0 amide bonds. The molecule has 0 aliphatic carbocycles. The third-order valence-corrected chi connectivity index (χ3v) is 4.30. The van der Waals surface area contributed by atoms with E-state index in [1.54, 1.807) is 0 Å². The fraction of sp³-hybridized carbons (Fsp3) is 0.562. The highest BCUT2D eigenvalue weighted by Gasteiger charge is 2.43. The molecule has 1 aromatic rings. The van der Waals surface area contributed by atoms with E-state index in [9.17, 15) is 4.79 Å². The minimum atomic E-state index is -0.776. The first-order valence-corrected chi connectivity index (χ1v) is 7.50. The molecule has 0 radical (unpaired) electrons. The van der Waals surface area contributed by atoms with Crippen LogP contribution >= 0.6 is 0 Å². The highest BCUT2D eigenvalue weighted by atomic mass is 16.5. The summed E-state index contributed by atoms with van der Waals surface area (Å²) in [5.41, 5.74) is 0.912. The van der Waals surface area contributed by atoms with E-state index in [2.05, 4.69) is 0 Å². The second-order valence-corrected chi connectivity index (χ2v) is 5.81. The number of carbonyl (C=O) groups is 1. The number of hydrogen-bond acceptors (Lipinski definition) is 4. The molecule has 5 nitrogen and oxygen atoms in total. The first-order valence-electron chi connectivity index (χ1n) is 7.50. The van der Waals surface area contributed by atoms with Crippen molar-refractivity contribution in [3.63, 3.8) is 0 Å². The van der Waals surface area contributed by atoms with Crippen molar-refractivity contribution >= 4 is 5.97 Å². The normalized spacial score (nSPS) is 24.6. The van der Waals surface area contributed by atoms with Crippen LogP contribution in [0, 0.1) is 0 Å². The Morgan fingerprint density at radius 3 is 3.10 bits per heavy atom. The van der Waals surface area contributed by atoms with Crippen LogP contribution in [-0.4, -0.2) is 47.8 Å². The van der Waals surface area contributed by atoms with Crippen LogP contribution < -0.4 is 9.47 Å². The zero-order valence-corrected chi connectivity index (χ0v) is 12.3. The molecule has 2 aliphatic heterocycles. The summed E-state index contributed by atoms with van der Waals surface area (Å²) in [5.74, 6) is 1.02. The number of nitrogens with zero attached hydrogens (tertiary/aromatic N) is 1. The van der Waals surface area contributed by atoms with E-state index >= 15 is 0 Å². The first kappa shape index (κ1) is 14.2. The monoisotopic (exact) mass is 291 g/mol. The predicted octanol–water partition coefficient (Wildman–Crippen LogP) is 1.94. The van der Waals surface area contributed by atoms with Crippen molar-refractivity contribution in [1.82, 2.24) is 4.90 Å². The quantitative estimate of drug-likeness (QED) is 0.918. The molecular weight excluding hydrogens is 270 g/mol.